The number of ketones is 2. The molecular weight excluding hydrogens is 753 g/mol. The number of H-pyrrole nitrogens is 2. The molecule has 0 radical (unpaired) electrons. The second kappa shape index (κ2) is 22.9. The Morgan fingerprint density at radius 1 is 0.525 bits per heavy atom. The molecule has 0 saturated heterocycles. The maximum atomic E-state index is 12.4. The molecule has 8 heteroatoms. The van der Waals surface area contributed by atoms with Gasteiger partial charge in [0.25, 0.3) is 0 Å². The molecule has 2 heterocycles. The number of carbonyl (C=O) groups excluding carboxylic acids is 2. The largest absolute Gasteiger partial charge is 0.348 e. The SMILES string of the molecule is CCCCCc1ccc(C#Cc2ccc(CC(=O)[C@@H](N)Cc3cnc[nH]3)cc2)cc1.N[C@@H](Cc1cnc[nH]1)C(=O)Cc1ccc(C#Cc2ccc(-c3ccccc3)cc2)cc1. The molecule has 0 unspecified atom stereocenters. The standard InChI is InChI=1S/C27H23N3O.C26H29N3O/c28-26(17-25-18-29-19-30-25)27(31)16-22-10-8-20(9-11-22)6-7-21-12-14-24(15-13-21)23-4-2-1-3-5-23;1-2-3-4-5-20-6-8-21(9-7-20)10-11-22-12-14-23(15-13-22)16-26(30)25(27)17-24-18-28-19-29-24/h1-5,8-15,18-19,26H,16-17,28H2,(H,29,30);6-9,12-15,18-19,25H,2-5,16-17,27H2,1H3,(H,28,29)/t26-;25-/m00/s1. The molecule has 0 aliphatic rings. The Morgan fingerprint density at radius 2 is 0.918 bits per heavy atom. The van der Waals surface area contributed by atoms with Gasteiger partial charge in [-0.2, -0.15) is 0 Å². The number of Topliss-reactive ketones (excluding diaryl/α,β-unsaturated/α-hetero) is 2. The van der Waals surface area contributed by atoms with E-state index in [-0.39, 0.29) is 11.6 Å². The van der Waals surface area contributed by atoms with Crippen LogP contribution in [0.3, 0.4) is 0 Å². The number of imidazole rings is 2. The summed E-state index contributed by atoms with van der Waals surface area (Å²) < 4.78 is 0. The summed E-state index contributed by atoms with van der Waals surface area (Å²) >= 11 is 0. The summed E-state index contributed by atoms with van der Waals surface area (Å²) in [5.74, 6) is 12.8. The Hall–Kier alpha value is -7.10. The molecule has 7 aromatic rings. The van der Waals surface area contributed by atoms with Crippen LogP contribution >= 0.6 is 0 Å². The van der Waals surface area contributed by atoms with E-state index in [4.69, 9.17) is 11.5 Å². The Bertz CT molecular complexity index is 2520. The highest BCUT2D eigenvalue weighted by atomic mass is 16.1. The Morgan fingerprint density at radius 3 is 1.31 bits per heavy atom. The number of aryl methyl sites for hydroxylation is 1. The van der Waals surface area contributed by atoms with E-state index in [1.165, 1.54) is 36.0 Å². The van der Waals surface area contributed by atoms with Gasteiger partial charge in [-0.25, -0.2) is 9.97 Å². The quantitative estimate of drug-likeness (QED) is 0.0606. The van der Waals surface area contributed by atoms with Gasteiger partial charge in [0.2, 0.25) is 0 Å². The molecule has 0 bridgehead atoms. The number of unbranched alkanes of at least 4 members (excludes halogenated alkanes) is 2. The number of nitrogens with zero attached hydrogens (tertiary/aromatic N) is 2. The molecule has 8 nitrogen and oxygen atoms in total. The van der Waals surface area contributed by atoms with E-state index >= 15 is 0 Å². The van der Waals surface area contributed by atoms with Crippen molar-refractivity contribution in [1.82, 2.24) is 19.9 Å². The van der Waals surface area contributed by atoms with Crippen molar-refractivity contribution in [2.24, 2.45) is 11.5 Å². The normalized spacial score (nSPS) is 11.5. The van der Waals surface area contributed by atoms with Crippen molar-refractivity contribution in [3.8, 4) is 34.8 Å². The maximum Gasteiger partial charge on any atom is 0.154 e. The van der Waals surface area contributed by atoms with Crippen LogP contribution in [-0.4, -0.2) is 43.6 Å². The molecule has 5 aromatic carbocycles. The van der Waals surface area contributed by atoms with Gasteiger partial charge in [-0.1, -0.05) is 122 Å². The average Bonchev–Trinajstić information content (AvgIpc) is 4.02. The number of nitrogens with two attached hydrogens (primary N) is 2. The van der Waals surface area contributed by atoms with Crippen LogP contribution in [0.2, 0.25) is 0 Å². The summed E-state index contributed by atoms with van der Waals surface area (Å²) in [6.07, 6.45) is 13.0. The molecular formula is C53H52N6O2. The van der Waals surface area contributed by atoms with Gasteiger partial charge in [-0.15, -0.1) is 0 Å². The van der Waals surface area contributed by atoms with Gasteiger partial charge < -0.3 is 21.4 Å². The van der Waals surface area contributed by atoms with E-state index in [2.05, 4.69) is 99.1 Å². The fourth-order valence-electron chi connectivity index (χ4n) is 6.57. The minimum Gasteiger partial charge on any atom is -0.348 e. The lowest BCUT2D eigenvalue weighted by Crippen LogP contribution is -2.34. The van der Waals surface area contributed by atoms with E-state index in [0.29, 0.717) is 25.7 Å². The predicted molar refractivity (Wildman–Crippen MR) is 244 cm³/mol. The highest BCUT2D eigenvalue weighted by Gasteiger charge is 2.16. The lowest BCUT2D eigenvalue weighted by Gasteiger charge is -2.09. The van der Waals surface area contributed by atoms with Crippen LogP contribution in [0.5, 0.6) is 0 Å². The van der Waals surface area contributed by atoms with Crippen molar-refractivity contribution in [1.29, 1.82) is 0 Å². The zero-order valence-electron chi connectivity index (χ0n) is 34.6. The van der Waals surface area contributed by atoms with Crippen LogP contribution in [0.1, 0.15) is 76.5 Å². The van der Waals surface area contributed by atoms with Gasteiger partial charge in [-0.3, -0.25) is 9.59 Å². The monoisotopic (exact) mass is 804 g/mol. The van der Waals surface area contributed by atoms with Crippen molar-refractivity contribution in [3.63, 3.8) is 0 Å². The van der Waals surface area contributed by atoms with Gasteiger partial charge in [0.1, 0.15) is 0 Å². The Balaban J connectivity index is 0.000000204. The third kappa shape index (κ3) is 14.3. The predicted octanol–water partition coefficient (Wildman–Crippen LogP) is 8.38. The van der Waals surface area contributed by atoms with Crippen LogP contribution in [0, 0.1) is 23.7 Å². The molecule has 0 spiro atoms. The van der Waals surface area contributed by atoms with E-state index < -0.39 is 12.1 Å². The molecule has 2 aromatic heterocycles. The molecule has 306 valence electrons. The lowest BCUT2D eigenvalue weighted by molar-refractivity contribution is -0.120. The van der Waals surface area contributed by atoms with Gasteiger partial charge in [0.05, 0.1) is 24.7 Å². The molecule has 6 N–H and O–H groups in total. The number of carbonyl (C=O) groups is 2. The second-order valence-corrected chi connectivity index (χ2v) is 15.1. The van der Waals surface area contributed by atoms with Gasteiger partial charge in [0.15, 0.2) is 11.6 Å². The van der Waals surface area contributed by atoms with Crippen LogP contribution in [0.4, 0.5) is 0 Å². The second-order valence-electron chi connectivity index (χ2n) is 15.1. The highest BCUT2D eigenvalue weighted by Crippen LogP contribution is 2.19. The number of nitrogens with one attached hydrogen (secondary N) is 2. The van der Waals surface area contributed by atoms with Gasteiger partial charge >= 0.3 is 0 Å². The first-order valence-electron chi connectivity index (χ1n) is 20.8. The van der Waals surface area contributed by atoms with Crippen molar-refractivity contribution >= 4 is 11.6 Å². The van der Waals surface area contributed by atoms with Crippen molar-refractivity contribution in [2.75, 3.05) is 0 Å². The van der Waals surface area contributed by atoms with Crippen LogP contribution in [0.25, 0.3) is 11.1 Å². The molecule has 0 amide bonds. The number of hydrogen-bond donors (Lipinski definition) is 4. The zero-order chi connectivity index (χ0) is 42.7. The minimum absolute atomic E-state index is 0.00643. The van der Waals surface area contributed by atoms with Gasteiger partial charge in [-0.05, 0) is 89.2 Å². The Kier molecular flexibility index (Phi) is 16.3. The average molecular weight is 805 g/mol. The molecule has 0 fully saturated rings. The summed E-state index contributed by atoms with van der Waals surface area (Å²) in [5, 5.41) is 0. The van der Waals surface area contributed by atoms with Crippen molar-refractivity contribution < 1.29 is 9.59 Å². The highest BCUT2D eigenvalue weighted by molar-refractivity contribution is 5.86. The third-order valence-corrected chi connectivity index (χ3v) is 10.2. The molecule has 0 aliphatic carbocycles. The first-order chi connectivity index (χ1) is 29.8. The summed E-state index contributed by atoms with van der Waals surface area (Å²) in [4.78, 5) is 38.6. The molecule has 0 saturated carbocycles. The van der Waals surface area contributed by atoms with E-state index in [9.17, 15) is 9.59 Å². The molecule has 2 atom stereocenters. The maximum absolute atomic E-state index is 12.4. The van der Waals surface area contributed by atoms with Crippen LogP contribution in [0.15, 0.2) is 152 Å². The van der Waals surface area contributed by atoms with Crippen molar-refractivity contribution in [3.05, 3.63) is 203 Å². The smallest absolute Gasteiger partial charge is 0.154 e. The molecule has 7 rings (SSSR count). The number of aromatic nitrogens is 4. The van der Waals surface area contributed by atoms with Crippen molar-refractivity contribution in [2.45, 2.75) is 70.4 Å². The summed E-state index contributed by atoms with van der Waals surface area (Å²) in [5.41, 5.74) is 23.2. The first-order valence-corrected chi connectivity index (χ1v) is 20.8. The summed E-state index contributed by atoms with van der Waals surface area (Å²) in [6.45, 7) is 2.22. The fraction of sp³-hybridized carbons (Fsp3) is 0.208. The number of hydrogen-bond acceptors (Lipinski definition) is 6. The first kappa shape index (κ1) is 43.5. The van der Waals surface area contributed by atoms with Crippen LogP contribution < -0.4 is 11.5 Å². The lowest BCUT2D eigenvalue weighted by atomic mass is 10.00. The van der Waals surface area contributed by atoms with Gasteiger partial charge in [0, 0.05) is 71.7 Å². The molecule has 61 heavy (non-hydrogen) atoms. The molecule has 0 aliphatic heterocycles. The number of benzene rings is 5. The van der Waals surface area contributed by atoms with E-state index in [1.54, 1.807) is 25.0 Å². The van der Waals surface area contributed by atoms with E-state index in [1.807, 2.05) is 78.9 Å². The fourth-order valence-corrected chi connectivity index (χ4v) is 6.57. The zero-order valence-corrected chi connectivity index (χ0v) is 34.6. The number of aromatic amines is 2. The summed E-state index contributed by atoms with van der Waals surface area (Å²) in [7, 11) is 0. The Labute approximate surface area is 359 Å². The minimum atomic E-state index is -0.543. The summed E-state index contributed by atoms with van der Waals surface area (Å²) in [6, 6.07) is 41.5. The van der Waals surface area contributed by atoms with E-state index in [0.717, 1.165) is 51.2 Å². The van der Waals surface area contributed by atoms with Crippen LogP contribution in [-0.2, 0) is 41.7 Å². The third-order valence-electron chi connectivity index (χ3n) is 10.2. The topological polar surface area (TPSA) is 144 Å². The number of rotatable bonds is 15.